The highest BCUT2D eigenvalue weighted by Gasteiger charge is 2.13. The molecule has 0 saturated heterocycles. The average Bonchev–Trinajstić information content (AvgIpc) is 2.31. The van der Waals surface area contributed by atoms with Crippen LogP contribution in [0.15, 0.2) is 42.0 Å². The molecule has 0 aromatic heterocycles. The largest absolute Gasteiger partial charge is 0.312 e. The Bertz CT molecular complexity index is 466. The van der Waals surface area contributed by atoms with Gasteiger partial charge in [-0.25, -0.2) is 0 Å². The summed E-state index contributed by atoms with van der Waals surface area (Å²) in [4.78, 5) is 0. The van der Waals surface area contributed by atoms with Crippen LogP contribution in [0.5, 0.6) is 0 Å². The first-order valence-corrected chi connectivity index (χ1v) is 5.66. The van der Waals surface area contributed by atoms with Crippen LogP contribution in [0.25, 0.3) is 5.57 Å². The Morgan fingerprint density at radius 2 is 2.00 bits per heavy atom. The van der Waals surface area contributed by atoms with Crippen LogP contribution < -0.4 is 0 Å². The van der Waals surface area contributed by atoms with Gasteiger partial charge >= 0.3 is 0 Å². The Labute approximate surface area is 97.0 Å². The Balaban J connectivity index is 2.37. The monoisotopic (exact) mass is 211 g/mol. The van der Waals surface area contributed by atoms with Gasteiger partial charge in [-0.1, -0.05) is 42.0 Å². The lowest BCUT2D eigenvalue weighted by Gasteiger charge is -2.18. The summed E-state index contributed by atoms with van der Waals surface area (Å²) in [7, 11) is 0. The van der Waals surface area contributed by atoms with Crippen LogP contribution in [0.3, 0.4) is 0 Å². The lowest BCUT2D eigenvalue weighted by Crippen LogP contribution is -2.05. The van der Waals surface area contributed by atoms with E-state index in [-0.39, 0.29) is 5.92 Å². The summed E-state index contributed by atoms with van der Waals surface area (Å²) >= 11 is 0. The third-order valence-corrected chi connectivity index (χ3v) is 3.22. The van der Waals surface area contributed by atoms with E-state index >= 15 is 0 Å². The number of nitrogens with one attached hydrogen (secondary N) is 1. The standard InChI is InChI=1S/C15H17N/c1-11-7-8-13(9-14(11)10-16)15-6-4-3-5-12(15)2/h3-7,9-10,14,16H,8H2,1-2H3. The molecule has 1 atom stereocenters. The van der Waals surface area contributed by atoms with Crippen molar-refractivity contribution in [3.8, 4) is 0 Å². The van der Waals surface area contributed by atoms with Gasteiger partial charge in [0.15, 0.2) is 0 Å². The Kier molecular flexibility index (Phi) is 3.04. The van der Waals surface area contributed by atoms with E-state index in [9.17, 15) is 0 Å². The van der Waals surface area contributed by atoms with E-state index < -0.39 is 0 Å². The van der Waals surface area contributed by atoms with Crippen LogP contribution in [0, 0.1) is 18.3 Å². The molecule has 0 saturated carbocycles. The first kappa shape index (κ1) is 10.9. The summed E-state index contributed by atoms with van der Waals surface area (Å²) in [5, 5.41) is 7.42. The fraction of sp³-hybridized carbons (Fsp3) is 0.267. The van der Waals surface area contributed by atoms with Crippen molar-refractivity contribution in [2.45, 2.75) is 20.3 Å². The van der Waals surface area contributed by atoms with Crippen molar-refractivity contribution in [3.05, 3.63) is 53.1 Å². The highest BCUT2D eigenvalue weighted by Crippen LogP contribution is 2.30. The second kappa shape index (κ2) is 4.48. The molecule has 0 aliphatic heterocycles. The van der Waals surface area contributed by atoms with Gasteiger partial charge in [0, 0.05) is 12.1 Å². The first-order valence-electron chi connectivity index (χ1n) is 5.66. The molecule has 1 nitrogen and oxygen atoms in total. The molecule has 1 aliphatic rings. The number of allylic oxidation sites excluding steroid dienone is 4. The molecule has 1 aliphatic carbocycles. The number of hydrogen-bond donors (Lipinski definition) is 1. The van der Waals surface area contributed by atoms with Crippen molar-refractivity contribution >= 4 is 11.8 Å². The summed E-state index contributed by atoms with van der Waals surface area (Å²) in [5.41, 5.74) is 5.26. The van der Waals surface area contributed by atoms with Crippen molar-refractivity contribution in [2.75, 3.05) is 0 Å². The molecule has 82 valence electrons. The van der Waals surface area contributed by atoms with Gasteiger partial charge in [-0.15, -0.1) is 0 Å². The van der Waals surface area contributed by atoms with E-state index in [1.807, 2.05) is 0 Å². The molecule has 16 heavy (non-hydrogen) atoms. The average molecular weight is 211 g/mol. The predicted octanol–water partition coefficient (Wildman–Crippen LogP) is 3.99. The number of rotatable bonds is 2. The Hall–Kier alpha value is -1.63. The van der Waals surface area contributed by atoms with Gasteiger partial charge in [0.1, 0.15) is 0 Å². The van der Waals surface area contributed by atoms with Crippen LogP contribution in [-0.2, 0) is 0 Å². The van der Waals surface area contributed by atoms with Crippen LogP contribution in [0.4, 0.5) is 0 Å². The zero-order chi connectivity index (χ0) is 11.5. The third kappa shape index (κ3) is 1.99. The highest BCUT2D eigenvalue weighted by molar-refractivity contribution is 5.77. The van der Waals surface area contributed by atoms with Crippen molar-refractivity contribution in [2.24, 2.45) is 5.92 Å². The van der Waals surface area contributed by atoms with Gasteiger partial charge < -0.3 is 5.41 Å². The molecule has 0 radical (unpaired) electrons. The zero-order valence-electron chi connectivity index (χ0n) is 9.83. The van der Waals surface area contributed by atoms with Gasteiger partial charge in [0.2, 0.25) is 0 Å². The van der Waals surface area contributed by atoms with Crippen LogP contribution in [0.1, 0.15) is 24.5 Å². The number of aryl methyl sites for hydroxylation is 1. The SMILES string of the molecule is CC1=CCC(c2ccccc2C)=CC1C=N. The minimum Gasteiger partial charge on any atom is -0.312 e. The van der Waals surface area contributed by atoms with Crippen LogP contribution in [0.2, 0.25) is 0 Å². The normalized spacial score (nSPS) is 20.0. The first-order chi connectivity index (χ1) is 7.72. The molecular formula is C15H17N. The molecule has 2 rings (SSSR count). The lowest BCUT2D eigenvalue weighted by atomic mass is 9.86. The second-order valence-corrected chi connectivity index (χ2v) is 4.35. The summed E-state index contributed by atoms with van der Waals surface area (Å²) in [6.07, 6.45) is 6.95. The van der Waals surface area contributed by atoms with E-state index in [1.165, 1.54) is 28.5 Å². The van der Waals surface area contributed by atoms with Gasteiger partial charge in [-0.05, 0) is 37.0 Å². The molecule has 1 aromatic carbocycles. The fourth-order valence-electron chi connectivity index (χ4n) is 2.14. The quantitative estimate of drug-likeness (QED) is 0.565. The van der Waals surface area contributed by atoms with Gasteiger partial charge in [-0.2, -0.15) is 0 Å². The minimum atomic E-state index is 0.184. The molecule has 0 bridgehead atoms. The molecular weight excluding hydrogens is 194 g/mol. The molecule has 0 heterocycles. The van der Waals surface area contributed by atoms with E-state index in [4.69, 9.17) is 5.41 Å². The summed E-state index contributed by atoms with van der Waals surface area (Å²) < 4.78 is 0. The van der Waals surface area contributed by atoms with Crippen LogP contribution in [-0.4, -0.2) is 6.21 Å². The highest BCUT2D eigenvalue weighted by atomic mass is 14.4. The Morgan fingerprint density at radius 3 is 2.69 bits per heavy atom. The minimum absolute atomic E-state index is 0.184. The molecule has 0 fully saturated rings. The lowest BCUT2D eigenvalue weighted by molar-refractivity contribution is 0.992. The zero-order valence-corrected chi connectivity index (χ0v) is 9.83. The third-order valence-electron chi connectivity index (χ3n) is 3.22. The molecule has 0 spiro atoms. The molecule has 0 amide bonds. The van der Waals surface area contributed by atoms with Crippen molar-refractivity contribution < 1.29 is 0 Å². The fourth-order valence-corrected chi connectivity index (χ4v) is 2.14. The Morgan fingerprint density at radius 1 is 1.25 bits per heavy atom. The summed E-state index contributed by atoms with van der Waals surface area (Å²) in [6.45, 7) is 4.24. The molecule has 1 unspecified atom stereocenters. The number of benzene rings is 1. The van der Waals surface area contributed by atoms with Gasteiger partial charge in [-0.3, -0.25) is 0 Å². The van der Waals surface area contributed by atoms with Crippen molar-refractivity contribution in [3.63, 3.8) is 0 Å². The topological polar surface area (TPSA) is 23.9 Å². The summed E-state index contributed by atoms with van der Waals surface area (Å²) in [6, 6.07) is 8.45. The maximum absolute atomic E-state index is 7.42. The van der Waals surface area contributed by atoms with Gasteiger partial charge in [0.05, 0.1) is 0 Å². The van der Waals surface area contributed by atoms with E-state index in [0.29, 0.717) is 0 Å². The smallest absolute Gasteiger partial charge is 0.0328 e. The number of hydrogen-bond acceptors (Lipinski definition) is 1. The molecule has 1 N–H and O–H groups in total. The van der Waals surface area contributed by atoms with E-state index in [0.717, 1.165) is 6.42 Å². The maximum Gasteiger partial charge on any atom is 0.0328 e. The predicted molar refractivity (Wildman–Crippen MR) is 69.8 cm³/mol. The summed E-state index contributed by atoms with van der Waals surface area (Å²) in [5.74, 6) is 0.184. The molecule has 1 aromatic rings. The molecule has 1 heteroatoms. The van der Waals surface area contributed by atoms with Crippen LogP contribution >= 0.6 is 0 Å². The van der Waals surface area contributed by atoms with E-state index in [1.54, 1.807) is 0 Å². The van der Waals surface area contributed by atoms with Crippen molar-refractivity contribution in [1.82, 2.24) is 0 Å². The van der Waals surface area contributed by atoms with E-state index in [2.05, 4.69) is 50.3 Å². The van der Waals surface area contributed by atoms with Gasteiger partial charge in [0.25, 0.3) is 0 Å². The maximum atomic E-state index is 7.42. The second-order valence-electron chi connectivity index (χ2n) is 4.35. The van der Waals surface area contributed by atoms with Crippen molar-refractivity contribution in [1.29, 1.82) is 5.41 Å².